The first kappa shape index (κ1) is 24.5. The highest BCUT2D eigenvalue weighted by Crippen LogP contribution is 2.69. The molecule has 0 aromatic rings. The van der Waals surface area contributed by atoms with Crippen LogP contribution in [0.5, 0.6) is 0 Å². The van der Waals surface area contributed by atoms with Crippen LogP contribution in [0.1, 0.15) is 72.1 Å². The Bertz CT molecular complexity index is 789. The van der Waals surface area contributed by atoms with Crippen LogP contribution >= 0.6 is 0 Å². The number of ether oxygens (including phenoxy) is 6. The fraction of sp³-hybridized carbons (Fsp3) is 0.889. The van der Waals surface area contributed by atoms with Crippen molar-refractivity contribution in [1.82, 2.24) is 0 Å². The van der Waals surface area contributed by atoms with Gasteiger partial charge in [0.2, 0.25) is 0 Å². The summed E-state index contributed by atoms with van der Waals surface area (Å²) in [7, 11) is 1.76. The van der Waals surface area contributed by atoms with E-state index in [2.05, 4.69) is 6.08 Å². The summed E-state index contributed by atoms with van der Waals surface area (Å²) in [6, 6.07) is 0. The van der Waals surface area contributed by atoms with Gasteiger partial charge in [-0.05, 0) is 76.7 Å². The molecule has 2 saturated carbocycles. The van der Waals surface area contributed by atoms with Gasteiger partial charge in [-0.25, -0.2) is 0 Å². The van der Waals surface area contributed by atoms with E-state index in [0.29, 0.717) is 39.0 Å². The lowest BCUT2D eigenvalue weighted by atomic mass is 9.43. The molecular formula is C27H42O7. The highest BCUT2D eigenvalue weighted by atomic mass is 16.7. The second-order valence-electron chi connectivity index (χ2n) is 11.9. The number of fused-ring (bicyclic) bond motifs is 4. The van der Waals surface area contributed by atoms with Gasteiger partial charge in [0.1, 0.15) is 0 Å². The number of hydrogen-bond acceptors (Lipinski definition) is 7. The Kier molecular flexibility index (Phi) is 6.54. The predicted octanol–water partition coefficient (Wildman–Crippen LogP) is 4.59. The summed E-state index contributed by atoms with van der Waals surface area (Å²) in [5.74, 6) is 0.914. The van der Waals surface area contributed by atoms with Crippen molar-refractivity contribution in [2.45, 2.75) is 84.2 Å². The number of methoxy groups -OCH3 is 1. The lowest BCUT2D eigenvalue weighted by Gasteiger charge is -2.65. The minimum absolute atomic E-state index is 0.134. The number of esters is 1. The molecule has 0 amide bonds. The van der Waals surface area contributed by atoms with Gasteiger partial charge < -0.3 is 28.4 Å². The van der Waals surface area contributed by atoms with Gasteiger partial charge in [-0.15, -0.1) is 0 Å². The van der Waals surface area contributed by atoms with Crippen molar-refractivity contribution in [2.24, 2.45) is 28.1 Å². The summed E-state index contributed by atoms with van der Waals surface area (Å²) >= 11 is 0. The van der Waals surface area contributed by atoms with Crippen molar-refractivity contribution in [2.75, 3.05) is 40.1 Å². The zero-order valence-electron chi connectivity index (χ0n) is 21.4. The molecule has 5 aliphatic rings. The third kappa shape index (κ3) is 3.91. The van der Waals surface area contributed by atoms with Gasteiger partial charge >= 0.3 is 5.97 Å². The highest BCUT2D eigenvalue weighted by molar-refractivity contribution is 5.75. The SMILES string of the molecule is COC1=C[C@]2(CCOC(=O)C(C)(C)C)CC[C@@H]3C4(CCC[C@@]3(C3OCCO3)[C@@H]2CC1)OCCO4. The summed E-state index contributed by atoms with van der Waals surface area (Å²) in [6.45, 7) is 8.70. The predicted molar refractivity (Wildman–Crippen MR) is 125 cm³/mol. The van der Waals surface area contributed by atoms with E-state index in [4.69, 9.17) is 28.4 Å². The standard InChI is InChI=1S/C27H42O7/c1-24(2,3)22(28)30-13-12-25-11-8-21-26(23-31-14-15-32-23,20(25)7-6-19(18-25)29-4)9-5-10-27(21)33-16-17-34-27/h18,20-21,23H,5-17H2,1-4H3/t20-,21+,25-,26-/m1/s1. The van der Waals surface area contributed by atoms with Crippen LogP contribution in [-0.2, 0) is 33.2 Å². The Labute approximate surface area is 203 Å². The van der Waals surface area contributed by atoms with Crippen LogP contribution < -0.4 is 0 Å². The van der Waals surface area contributed by atoms with Crippen LogP contribution in [-0.4, -0.2) is 58.2 Å². The fourth-order valence-electron chi connectivity index (χ4n) is 7.85. The average Bonchev–Trinajstić information content (AvgIpc) is 3.51. The molecule has 2 saturated heterocycles. The second-order valence-corrected chi connectivity index (χ2v) is 11.9. The number of allylic oxidation sites excluding steroid dienone is 2. The maximum absolute atomic E-state index is 12.5. The minimum atomic E-state index is -0.524. The Hall–Kier alpha value is -1.15. The largest absolute Gasteiger partial charge is 0.501 e. The maximum Gasteiger partial charge on any atom is 0.311 e. The summed E-state index contributed by atoms with van der Waals surface area (Å²) in [4.78, 5) is 12.5. The molecule has 0 unspecified atom stereocenters. The number of rotatable bonds is 5. The van der Waals surface area contributed by atoms with Gasteiger partial charge in [0.25, 0.3) is 0 Å². The van der Waals surface area contributed by atoms with Crippen LogP contribution in [0.15, 0.2) is 11.8 Å². The molecule has 2 aliphatic heterocycles. The molecule has 0 radical (unpaired) electrons. The van der Waals surface area contributed by atoms with Gasteiger partial charge in [-0.1, -0.05) is 0 Å². The molecular weight excluding hydrogens is 436 g/mol. The van der Waals surface area contributed by atoms with Gasteiger partial charge in [0.15, 0.2) is 12.1 Å². The zero-order valence-corrected chi connectivity index (χ0v) is 21.4. The molecule has 0 aromatic heterocycles. The van der Waals surface area contributed by atoms with Crippen molar-refractivity contribution in [3.8, 4) is 0 Å². The van der Waals surface area contributed by atoms with Gasteiger partial charge in [0.05, 0.1) is 51.3 Å². The lowest BCUT2D eigenvalue weighted by Crippen LogP contribution is -2.65. The van der Waals surface area contributed by atoms with E-state index in [1.54, 1.807) is 7.11 Å². The molecule has 0 bridgehead atoms. The molecule has 7 nitrogen and oxygen atoms in total. The normalized spacial score (nSPS) is 37.7. The summed E-state index contributed by atoms with van der Waals surface area (Å²) in [5.41, 5.74) is -0.833. The van der Waals surface area contributed by atoms with Gasteiger partial charge in [0, 0.05) is 24.2 Å². The fourth-order valence-corrected chi connectivity index (χ4v) is 7.85. The van der Waals surface area contributed by atoms with E-state index in [0.717, 1.165) is 57.1 Å². The van der Waals surface area contributed by atoms with E-state index >= 15 is 0 Å². The van der Waals surface area contributed by atoms with E-state index in [9.17, 15) is 4.79 Å². The van der Waals surface area contributed by atoms with Crippen molar-refractivity contribution >= 4 is 5.97 Å². The van der Waals surface area contributed by atoms with Crippen LogP contribution in [0.2, 0.25) is 0 Å². The Balaban J connectivity index is 1.51. The van der Waals surface area contributed by atoms with Crippen LogP contribution in [0.25, 0.3) is 0 Å². The minimum Gasteiger partial charge on any atom is -0.501 e. The van der Waals surface area contributed by atoms with Gasteiger partial charge in [-0.2, -0.15) is 0 Å². The molecule has 4 atom stereocenters. The number of hydrogen-bond donors (Lipinski definition) is 0. The molecule has 34 heavy (non-hydrogen) atoms. The van der Waals surface area contributed by atoms with Crippen molar-refractivity contribution in [1.29, 1.82) is 0 Å². The lowest BCUT2D eigenvalue weighted by molar-refractivity contribution is -0.320. The van der Waals surface area contributed by atoms with Crippen molar-refractivity contribution in [3.05, 3.63) is 11.8 Å². The van der Waals surface area contributed by atoms with Crippen molar-refractivity contribution in [3.63, 3.8) is 0 Å². The van der Waals surface area contributed by atoms with E-state index in [1.807, 2.05) is 20.8 Å². The quantitative estimate of drug-likeness (QED) is 0.535. The molecule has 2 heterocycles. The summed E-state index contributed by atoms with van der Waals surface area (Å²) in [6.07, 6.45) is 9.77. The number of carbonyl (C=O) groups is 1. The maximum atomic E-state index is 12.5. The average molecular weight is 479 g/mol. The Morgan fingerprint density at radius 1 is 1.03 bits per heavy atom. The third-order valence-electron chi connectivity index (χ3n) is 9.20. The molecule has 0 N–H and O–H groups in total. The van der Waals surface area contributed by atoms with Crippen LogP contribution in [0, 0.1) is 28.1 Å². The first-order valence-corrected chi connectivity index (χ1v) is 13.2. The summed E-state index contributed by atoms with van der Waals surface area (Å²) < 4.78 is 37.0. The second kappa shape index (κ2) is 9.06. The van der Waals surface area contributed by atoms with Crippen LogP contribution in [0.4, 0.5) is 0 Å². The monoisotopic (exact) mass is 478 g/mol. The van der Waals surface area contributed by atoms with E-state index < -0.39 is 11.2 Å². The Morgan fingerprint density at radius 2 is 1.76 bits per heavy atom. The smallest absolute Gasteiger partial charge is 0.311 e. The molecule has 1 spiro atoms. The molecule has 7 heteroatoms. The number of carbonyl (C=O) groups excluding carboxylic acids is 1. The zero-order chi connectivity index (χ0) is 24.0. The van der Waals surface area contributed by atoms with Gasteiger partial charge in [-0.3, -0.25) is 4.79 Å². The summed E-state index contributed by atoms with van der Waals surface area (Å²) in [5, 5.41) is 0. The molecule has 4 fully saturated rings. The van der Waals surface area contributed by atoms with Crippen LogP contribution in [0.3, 0.4) is 0 Å². The first-order chi connectivity index (χ1) is 16.3. The topological polar surface area (TPSA) is 72.5 Å². The van der Waals surface area contributed by atoms with E-state index in [1.165, 1.54) is 0 Å². The highest BCUT2D eigenvalue weighted by Gasteiger charge is 2.69. The molecule has 192 valence electrons. The molecule has 5 rings (SSSR count). The molecule has 3 aliphatic carbocycles. The Morgan fingerprint density at radius 3 is 2.44 bits per heavy atom. The first-order valence-electron chi connectivity index (χ1n) is 13.2. The van der Waals surface area contributed by atoms with Crippen molar-refractivity contribution < 1.29 is 33.2 Å². The molecule has 0 aromatic carbocycles. The van der Waals surface area contributed by atoms with E-state index in [-0.39, 0.29) is 29.0 Å². The third-order valence-corrected chi connectivity index (χ3v) is 9.20.